The Kier molecular flexibility index (Phi) is 7.63. The molecule has 0 bridgehead atoms. The molecule has 2 aromatic rings. The lowest BCUT2D eigenvalue weighted by Crippen LogP contribution is -2.22. The lowest BCUT2D eigenvalue weighted by molar-refractivity contribution is -0.121. The molecule has 0 aliphatic heterocycles. The fourth-order valence-electron chi connectivity index (χ4n) is 2.29. The number of amides is 1. The molecule has 1 amide bonds. The van der Waals surface area contributed by atoms with Crippen LogP contribution in [0.2, 0.25) is 0 Å². The van der Waals surface area contributed by atoms with Gasteiger partial charge in [0.05, 0.1) is 20.3 Å². The molecule has 0 saturated heterocycles. The maximum Gasteiger partial charge on any atom is 0.220 e. The van der Waals surface area contributed by atoms with Crippen LogP contribution in [0.4, 0.5) is 0 Å². The smallest absolute Gasteiger partial charge is 0.220 e. The molecule has 0 saturated carbocycles. The van der Waals surface area contributed by atoms with Crippen LogP contribution in [-0.4, -0.2) is 26.2 Å². The number of hydrogen-bond acceptors (Lipinski definition) is 4. The average Bonchev–Trinajstić information content (AvgIpc) is 2.65. The minimum absolute atomic E-state index is 0.0116. The second-order valence-electron chi connectivity index (χ2n) is 5.46. The van der Waals surface area contributed by atoms with E-state index >= 15 is 0 Å². The van der Waals surface area contributed by atoms with Crippen LogP contribution in [0.5, 0.6) is 17.2 Å². The van der Waals surface area contributed by atoms with Crippen molar-refractivity contribution in [2.45, 2.75) is 26.3 Å². The summed E-state index contributed by atoms with van der Waals surface area (Å²) in [7, 11) is 1.63. The molecule has 0 atom stereocenters. The lowest BCUT2D eigenvalue weighted by atomic mass is 10.2. The molecule has 5 heteroatoms. The van der Waals surface area contributed by atoms with Gasteiger partial charge in [0.2, 0.25) is 5.91 Å². The zero-order chi connectivity index (χ0) is 17.9. The summed E-state index contributed by atoms with van der Waals surface area (Å²) in [6, 6.07) is 15.2. The summed E-state index contributed by atoms with van der Waals surface area (Å²) >= 11 is 0. The monoisotopic (exact) mass is 343 g/mol. The first-order chi connectivity index (χ1) is 12.2. The van der Waals surface area contributed by atoms with Crippen molar-refractivity contribution in [2.24, 2.45) is 0 Å². The van der Waals surface area contributed by atoms with E-state index in [-0.39, 0.29) is 5.91 Å². The van der Waals surface area contributed by atoms with Crippen molar-refractivity contribution in [3.8, 4) is 17.2 Å². The standard InChI is InChI=1S/C20H25NO4/c1-3-24-18-7-4-5-8-19(18)25-14-6-9-20(22)21-15-16-10-12-17(23-2)13-11-16/h4-5,7-8,10-13H,3,6,9,14-15H2,1-2H3,(H,21,22). The number of para-hydroxylation sites is 2. The van der Waals surface area contributed by atoms with E-state index in [1.165, 1.54) is 0 Å². The molecule has 0 aromatic heterocycles. The Morgan fingerprint density at radius 1 is 1.00 bits per heavy atom. The largest absolute Gasteiger partial charge is 0.497 e. The third kappa shape index (κ3) is 6.37. The van der Waals surface area contributed by atoms with Gasteiger partial charge in [0.25, 0.3) is 0 Å². The van der Waals surface area contributed by atoms with Crippen molar-refractivity contribution >= 4 is 5.91 Å². The molecule has 25 heavy (non-hydrogen) atoms. The number of carbonyl (C=O) groups is 1. The third-order valence-electron chi connectivity index (χ3n) is 3.60. The fourth-order valence-corrected chi connectivity index (χ4v) is 2.29. The van der Waals surface area contributed by atoms with Crippen LogP contribution in [0, 0.1) is 0 Å². The van der Waals surface area contributed by atoms with Gasteiger partial charge in [-0.25, -0.2) is 0 Å². The highest BCUT2D eigenvalue weighted by atomic mass is 16.5. The van der Waals surface area contributed by atoms with Gasteiger partial charge < -0.3 is 19.5 Å². The summed E-state index contributed by atoms with van der Waals surface area (Å²) in [5, 5.41) is 2.91. The summed E-state index contributed by atoms with van der Waals surface area (Å²) in [4.78, 5) is 11.9. The summed E-state index contributed by atoms with van der Waals surface area (Å²) in [6.07, 6.45) is 1.07. The van der Waals surface area contributed by atoms with E-state index < -0.39 is 0 Å². The van der Waals surface area contributed by atoms with Crippen LogP contribution < -0.4 is 19.5 Å². The summed E-state index contributed by atoms with van der Waals surface area (Å²) in [5.41, 5.74) is 1.04. The van der Waals surface area contributed by atoms with Gasteiger partial charge in [-0.3, -0.25) is 4.79 Å². The zero-order valence-electron chi connectivity index (χ0n) is 14.8. The van der Waals surface area contributed by atoms with E-state index in [1.807, 2.05) is 55.5 Å². The van der Waals surface area contributed by atoms with E-state index in [9.17, 15) is 4.79 Å². The van der Waals surface area contributed by atoms with Gasteiger partial charge in [0, 0.05) is 13.0 Å². The Hall–Kier alpha value is -2.69. The van der Waals surface area contributed by atoms with Crippen LogP contribution in [0.25, 0.3) is 0 Å². The normalized spacial score (nSPS) is 10.2. The average molecular weight is 343 g/mol. The second-order valence-corrected chi connectivity index (χ2v) is 5.46. The third-order valence-corrected chi connectivity index (χ3v) is 3.60. The highest BCUT2D eigenvalue weighted by molar-refractivity contribution is 5.75. The first kappa shape index (κ1) is 18.6. The number of benzene rings is 2. The van der Waals surface area contributed by atoms with Crippen LogP contribution >= 0.6 is 0 Å². The molecule has 0 aliphatic carbocycles. The SMILES string of the molecule is CCOc1ccccc1OCCCC(=O)NCc1ccc(OC)cc1. The minimum atomic E-state index is 0.0116. The van der Waals surface area contributed by atoms with Gasteiger partial charge in [0.1, 0.15) is 5.75 Å². The molecule has 1 N–H and O–H groups in total. The van der Waals surface area contributed by atoms with E-state index in [1.54, 1.807) is 7.11 Å². The van der Waals surface area contributed by atoms with Crippen molar-refractivity contribution in [3.63, 3.8) is 0 Å². The fraction of sp³-hybridized carbons (Fsp3) is 0.350. The molecule has 0 unspecified atom stereocenters. The first-order valence-electron chi connectivity index (χ1n) is 8.47. The van der Waals surface area contributed by atoms with Crippen LogP contribution in [0.3, 0.4) is 0 Å². The predicted octanol–water partition coefficient (Wildman–Crippen LogP) is 3.57. The summed E-state index contributed by atoms with van der Waals surface area (Å²) in [6.45, 7) is 3.51. The van der Waals surface area contributed by atoms with Gasteiger partial charge in [0.15, 0.2) is 11.5 Å². The molecule has 2 rings (SSSR count). The molecule has 0 heterocycles. The number of carbonyl (C=O) groups excluding carboxylic acids is 1. The van der Waals surface area contributed by atoms with Crippen molar-refractivity contribution in [3.05, 3.63) is 54.1 Å². The highest BCUT2D eigenvalue weighted by Crippen LogP contribution is 2.26. The summed E-state index contributed by atoms with van der Waals surface area (Å²) < 4.78 is 16.3. The molecular formula is C20H25NO4. The molecule has 5 nitrogen and oxygen atoms in total. The Morgan fingerprint density at radius 3 is 2.32 bits per heavy atom. The molecule has 0 fully saturated rings. The lowest BCUT2D eigenvalue weighted by Gasteiger charge is -2.11. The number of rotatable bonds is 10. The van der Waals surface area contributed by atoms with Crippen LogP contribution in [0.15, 0.2) is 48.5 Å². The topological polar surface area (TPSA) is 56.8 Å². The number of ether oxygens (including phenoxy) is 3. The van der Waals surface area contributed by atoms with Crippen molar-refractivity contribution < 1.29 is 19.0 Å². The molecule has 0 aliphatic rings. The number of methoxy groups -OCH3 is 1. The number of hydrogen-bond donors (Lipinski definition) is 1. The Bertz CT molecular complexity index is 655. The van der Waals surface area contributed by atoms with Crippen LogP contribution in [-0.2, 0) is 11.3 Å². The molecular weight excluding hydrogens is 318 g/mol. The Balaban J connectivity index is 1.66. The van der Waals surface area contributed by atoms with Crippen molar-refractivity contribution in [2.75, 3.05) is 20.3 Å². The molecule has 2 aromatic carbocycles. The van der Waals surface area contributed by atoms with Gasteiger partial charge in [-0.15, -0.1) is 0 Å². The van der Waals surface area contributed by atoms with Crippen molar-refractivity contribution in [1.82, 2.24) is 5.32 Å². The maximum absolute atomic E-state index is 11.9. The Morgan fingerprint density at radius 2 is 1.68 bits per heavy atom. The molecule has 0 radical (unpaired) electrons. The van der Waals surface area contributed by atoms with E-state index in [2.05, 4.69) is 5.32 Å². The molecule has 134 valence electrons. The maximum atomic E-state index is 11.9. The second kappa shape index (κ2) is 10.2. The zero-order valence-corrected chi connectivity index (χ0v) is 14.8. The van der Waals surface area contributed by atoms with E-state index in [0.717, 1.165) is 17.1 Å². The minimum Gasteiger partial charge on any atom is -0.497 e. The van der Waals surface area contributed by atoms with Gasteiger partial charge in [-0.1, -0.05) is 24.3 Å². The number of nitrogens with one attached hydrogen (secondary N) is 1. The van der Waals surface area contributed by atoms with Crippen molar-refractivity contribution in [1.29, 1.82) is 0 Å². The van der Waals surface area contributed by atoms with Gasteiger partial charge >= 0.3 is 0 Å². The summed E-state index contributed by atoms with van der Waals surface area (Å²) in [5.74, 6) is 2.26. The van der Waals surface area contributed by atoms with E-state index in [4.69, 9.17) is 14.2 Å². The highest BCUT2D eigenvalue weighted by Gasteiger charge is 2.05. The molecule has 0 spiro atoms. The van der Waals surface area contributed by atoms with Crippen LogP contribution in [0.1, 0.15) is 25.3 Å². The van der Waals surface area contributed by atoms with Gasteiger partial charge in [-0.05, 0) is 43.2 Å². The quantitative estimate of drug-likeness (QED) is 0.670. The Labute approximate surface area is 148 Å². The first-order valence-corrected chi connectivity index (χ1v) is 8.47. The van der Waals surface area contributed by atoms with E-state index in [0.29, 0.717) is 38.3 Å². The predicted molar refractivity (Wildman–Crippen MR) is 97.2 cm³/mol. The van der Waals surface area contributed by atoms with Gasteiger partial charge in [-0.2, -0.15) is 0 Å².